The molecular formula is C27H29N3O2S2. The zero-order chi connectivity index (χ0) is 24.2. The van der Waals surface area contributed by atoms with Gasteiger partial charge in [-0.05, 0) is 54.3 Å². The van der Waals surface area contributed by atoms with Gasteiger partial charge in [0.05, 0.1) is 22.9 Å². The minimum absolute atomic E-state index is 0.0421. The van der Waals surface area contributed by atoms with E-state index in [1.54, 1.807) is 4.90 Å². The van der Waals surface area contributed by atoms with Gasteiger partial charge >= 0.3 is 0 Å². The van der Waals surface area contributed by atoms with Gasteiger partial charge in [0, 0.05) is 23.9 Å². The van der Waals surface area contributed by atoms with Crippen molar-refractivity contribution in [3.05, 3.63) is 71.3 Å². The lowest BCUT2D eigenvalue weighted by atomic mass is 10.1. The van der Waals surface area contributed by atoms with Crippen LogP contribution in [0, 0.1) is 11.8 Å². The molecule has 2 aromatic carbocycles. The average molecular weight is 492 g/mol. The Labute approximate surface area is 210 Å². The van der Waals surface area contributed by atoms with Crippen molar-refractivity contribution in [1.29, 1.82) is 0 Å². The van der Waals surface area contributed by atoms with E-state index < -0.39 is 0 Å². The molecular weight excluding hydrogens is 462 g/mol. The fraction of sp³-hybridized carbons (Fsp3) is 0.296. The third-order valence-electron chi connectivity index (χ3n) is 5.18. The van der Waals surface area contributed by atoms with Crippen molar-refractivity contribution in [2.24, 2.45) is 11.8 Å². The zero-order valence-corrected chi connectivity index (χ0v) is 21.5. The Morgan fingerprint density at radius 3 is 2.38 bits per heavy atom. The lowest BCUT2D eigenvalue weighted by molar-refractivity contribution is -0.122. The summed E-state index contributed by atoms with van der Waals surface area (Å²) < 4.78 is 8.29. The molecule has 0 spiro atoms. The smallest absolute Gasteiger partial charge is 0.266 e. The normalized spacial score (nSPS) is 15.2. The molecule has 0 N–H and O–H groups in total. The van der Waals surface area contributed by atoms with Crippen LogP contribution in [0.2, 0.25) is 0 Å². The SMILES string of the molecule is CC(C)COc1ccc(-c2nn(-c3ccccc3)cc2C=C2SC(=S)N(CC(C)C)C2=O)cc1. The zero-order valence-electron chi connectivity index (χ0n) is 19.9. The molecule has 1 aliphatic heterocycles. The number of hydrogen-bond acceptors (Lipinski definition) is 5. The molecule has 2 heterocycles. The summed E-state index contributed by atoms with van der Waals surface area (Å²) in [5, 5.41) is 4.87. The molecule has 0 bridgehead atoms. The average Bonchev–Trinajstić information content (AvgIpc) is 3.35. The van der Waals surface area contributed by atoms with E-state index in [1.165, 1.54) is 11.8 Å². The number of thioether (sulfide) groups is 1. The highest BCUT2D eigenvalue weighted by Crippen LogP contribution is 2.35. The second-order valence-corrected chi connectivity index (χ2v) is 10.8. The van der Waals surface area contributed by atoms with E-state index in [-0.39, 0.29) is 5.91 Å². The van der Waals surface area contributed by atoms with E-state index in [4.69, 9.17) is 22.1 Å². The molecule has 1 saturated heterocycles. The summed E-state index contributed by atoms with van der Waals surface area (Å²) in [6.07, 6.45) is 3.87. The quantitative estimate of drug-likeness (QED) is 0.268. The van der Waals surface area contributed by atoms with E-state index in [9.17, 15) is 4.79 Å². The van der Waals surface area contributed by atoms with Crippen LogP contribution in [-0.2, 0) is 4.79 Å². The van der Waals surface area contributed by atoms with Gasteiger partial charge in [0.1, 0.15) is 10.1 Å². The molecule has 1 amide bonds. The molecule has 0 aliphatic carbocycles. The van der Waals surface area contributed by atoms with Crippen LogP contribution >= 0.6 is 24.0 Å². The van der Waals surface area contributed by atoms with Gasteiger partial charge in [0.25, 0.3) is 5.91 Å². The molecule has 0 atom stereocenters. The third-order valence-corrected chi connectivity index (χ3v) is 6.56. The molecule has 7 heteroatoms. The number of benzene rings is 2. The van der Waals surface area contributed by atoms with E-state index in [0.717, 1.165) is 28.3 Å². The van der Waals surface area contributed by atoms with Crippen molar-refractivity contribution in [2.75, 3.05) is 13.2 Å². The first-order valence-corrected chi connectivity index (χ1v) is 12.7. The molecule has 1 aliphatic rings. The van der Waals surface area contributed by atoms with Gasteiger partial charge in [-0.1, -0.05) is 69.9 Å². The summed E-state index contributed by atoms with van der Waals surface area (Å²) in [6, 6.07) is 17.9. The topological polar surface area (TPSA) is 47.4 Å². The second kappa shape index (κ2) is 10.6. The lowest BCUT2D eigenvalue weighted by Crippen LogP contribution is -2.31. The summed E-state index contributed by atoms with van der Waals surface area (Å²) in [5.41, 5.74) is 3.57. The van der Waals surface area contributed by atoms with Gasteiger partial charge in [-0.2, -0.15) is 5.10 Å². The Morgan fingerprint density at radius 1 is 1.03 bits per heavy atom. The summed E-state index contributed by atoms with van der Waals surface area (Å²) in [7, 11) is 0. The minimum atomic E-state index is -0.0421. The summed E-state index contributed by atoms with van der Waals surface area (Å²) >= 11 is 6.84. The van der Waals surface area contributed by atoms with E-state index in [1.807, 2.05) is 71.6 Å². The Hall–Kier alpha value is -2.90. The molecule has 0 radical (unpaired) electrons. The number of amides is 1. The highest BCUT2D eigenvalue weighted by atomic mass is 32.2. The predicted molar refractivity (Wildman–Crippen MR) is 144 cm³/mol. The first-order chi connectivity index (χ1) is 16.3. The van der Waals surface area contributed by atoms with Crippen LogP contribution in [0.25, 0.3) is 23.0 Å². The van der Waals surface area contributed by atoms with Gasteiger partial charge in [0.2, 0.25) is 0 Å². The first kappa shape index (κ1) is 24.2. The Bertz CT molecular complexity index is 1200. The largest absolute Gasteiger partial charge is 0.493 e. The number of para-hydroxylation sites is 1. The number of ether oxygens (including phenoxy) is 1. The highest BCUT2D eigenvalue weighted by Gasteiger charge is 2.32. The summed E-state index contributed by atoms with van der Waals surface area (Å²) in [4.78, 5) is 15.4. The molecule has 5 nitrogen and oxygen atoms in total. The van der Waals surface area contributed by atoms with Crippen molar-refractivity contribution < 1.29 is 9.53 Å². The van der Waals surface area contributed by atoms with Crippen LogP contribution in [0.3, 0.4) is 0 Å². The highest BCUT2D eigenvalue weighted by molar-refractivity contribution is 8.26. The number of rotatable bonds is 8. The molecule has 1 aromatic heterocycles. The standard InChI is InChI=1S/C27H29N3O2S2/c1-18(2)15-29-26(31)24(34-27(29)33)14-21-16-30(22-8-6-5-7-9-22)28-25(21)20-10-12-23(13-11-20)32-17-19(3)4/h5-14,16,18-19H,15,17H2,1-4H3. The number of hydrogen-bond donors (Lipinski definition) is 0. The van der Waals surface area contributed by atoms with Crippen molar-refractivity contribution in [1.82, 2.24) is 14.7 Å². The van der Waals surface area contributed by atoms with Gasteiger partial charge in [-0.3, -0.25) is 9.69 Å². The van der Waals surface area contributed by atoms with Crippen LogP contribution < -0.4 is 4.74 Å². The molecule has 34 heavy (non-hydrogen) atoms. The van der Waals surface area contributed by atoms with Crippen LogP contribution in [0.15, 0.2) is 65.7 Å². The number of nitrogens with zero attached hydrogens (tertiary/aromatic N) is 3. The maximum absolute atomic E-state index is 13.1. The number of thiocarbonyl (C=S) groups is 1. The van der Waals surface area contributed by atoms with E-state index in [2.05, 4.69) is 27.7 Å². The predicted octanol–water partition coefficient (Wildman–Crippen LogP) is 6.43. The van der Waals surface area contributed by atoms with Crippen LogP contribution in [0.4, 0.5) is 0 Å². The molecule has 176 valence electrons. The Kier molecular flexibility index (Phi) is 7.54. The van der Waals surface area contributed by atoms with E-state index >= 15 is 0 Å². The van der Waals surface area contributed by atoms with Crippen LogP contribution in [0.1, 0.15) is 33.3 Å². The first-order valence-electron chi connectivity index (χ1n) is 11.5. The molecule has 3 aromatic rings. The Morgan fingerprint density at radius 2 is 1.74 bits per heavy atom. The second-order valence-electron chi connectivity index (χ2n) is 9.13. The molecule has 4 rings (SSSR count). The van der Waals surface area contributed by atoms with Crippen molar-refractivity contribution in [3.63, 3.8) is 0 Å². The number of aromatic nitrogens is 2. The summed E-state index contributed by atoms with van der Waals surface area (Å²) in [5.74, 6) is 1.59. The van der Waals surface area contributed by atoms with Crippen molar-refractivity contribution in [3.8, 4) is 22.7 Å². The minimum Gasteiger partial charge on any atom is -0.493 e. The summed E-state index contributed by atoms with van der Waals surface area (Å²) in [6.45, 7) is 9.71. The maximum atomic E-state index is 13.1. The van der Waals surface area contributed by atoms with Crippen molar-refractivity contribution in [2.45, 2.75) is 27.7 Å². The monoisotopic (exact) mass is 491 g/mol. The van der Waals surface area contributed by atoms with Crippen molar-refractivity contribution >= 4 is 40.3 Å². The van der Waals surface area contributed by atoms with Gasteiger partial charge < -0.3 is 4.74 Å². The lowest BCUT2D eigenvalue weighted by Gasteiger charge is -2.16. The Balaban J connectivity index is 1.71. The van der Waals surface area contributed by atoms with Gasteiger partial charge in [0.15, 0.2) is 0 Å². The fourth-order valence-corrected chi connectivity index (χ4v) is 4.83. The van der Waals surface area contributed by atoms with Crippen LogP contribution in [0.5, 0.6) is 5.75 Å². The molecule has 0 unspecified atom stereocenters. The molecule has 0 saturated carbocycles. The molecule has 1 fully saturated rings. The van der Waals surface area contributed by atoms with Crippen LogP contribution in [-0.4, -0.2) is 38.1 Å². The fourth-order valence-electron chi connectivity index (χ4n) is 3.57. The maximum Gasteiger partial charge on any atom is 0.266 e. The number of carbonyl (C=O) groups is 1. The van der Waals surface area contributed by atoms with E-state index in [0.29, 0.717) is 34.2 Å². The van der Waals surface area contributed by atoms with Gasteiger partial charge in [-0.25, -0.2) is 4.68 Å². The van der Waals surface area contributed by atoms with Gasteiger partial charge in [-0.15, -0.1) is 0 Å². The third kappa shape index (κ3) is 5.59. The number of carbonyl (C=O) groups excluding carboxylic acids is 1.